The second-order valence-electron chi connectivity index (χ2n) is 13.2. The van der Waals surface area contributed by atoms with Crippen LogP contribution in [-0.2, 0) is 0 Å². The van der Waals surface area contributed by atoms with Gasteiger partial charge >= 0.3 is 0 Å². The Morgan fingerprint density at radius 3 is 1.60 bits per heavy atom. The molecule has 0 amide bonds. The van der Waals surface area contributed by atoms with Crippen molar-refractivity contribution in [2.75, 3.05) is 0 Å². The maximum atomic E-state index is 2.48. The van der Waals surface area contributed by atoms with Crippen molar-refractivity contribution in [3.05, 3.63) is 146 Å². The standard InChI is InChI=1S/C46H24S4/c1-3-13-35-30(8-1)43-27(10-5-15-37(43)47-35)25-18-20-29-34-24-42-45(33-12-7-17-39(46(33)34)49-40(29)22-25)32-21-19-26(23-41(32)50-42)28-11-6-16-38-44(28)31-9-2-4-14-36(31)48-38/h1-24H. The minimum absolute atomic E-state index is 1.28. The van der Waals surface area contributed by atoms with E-state index in [4.69, 9.17) is 0 Å². The van der Waals surface area contributed by atoms with E-state index in [0.717, 1.165) is 0 Å². The first-order valence-electron chi connectivity index (χ1n) is 16.8. The maximum absolute atomic E-state index is 2.48. The van der Waals surface area contributed by atoms with E-state index in [0.29, 0.717) is 0 Å². The van der Waals surface area contributed by atoms with Gasteiger partial charge in [-0.15, -0.1) is 34.0 Å². The molecule has 0 fully saturated rings. The van der Waals surface area contributed by atoms with Gasteiger partial charge in [0.25, 0.3) is 0 Å². The molecule has 1 aliphatic heterocycles. The van der Waals surface area contributed by atoms with E-state index in [-0.39, 0.29) is 0 Å². The first kappa shape index (κ1) is 27.8. The zero-order chi connectivity index (χ0) is 32.5. The van der Waals surface area contributed by atoms with Crippen LogP contribution in [0.2, 0.25) is 0 Å². The second kappa shape index (κ2) is 10.3. The Bertz CT molecular complexity index is 3240. The van der Waals surface area contributed by atoms with Gasteiger partial charge in [-0.05, 0) is 87.3 Å². The monoisotopic (exact) mass is 704 g/mol. The van der Waals surface area contributed by atoms with Crippen LogP contribution in [0, 0.1) is 0 Å². The Morgan fingerprint density at radius 2 is 0.860 bits per heavy atom. The molecule has 0 unspecified atom stereocenters. The molecule has 0 aliphatic carbocycles. The number of fused-ring (bicyclic) bond motifs is 12. The Kier molecular flexibility index (Phi) is 5.72. The van der Waals surface area contributed by atoms with Gasteiger partial charge in [0.1, 0.15) is 0 Å². The fourth-order valence-electron chi connectivity index (χ4n) is 8.33. The highest BCUT2D eigenvalue weighted by Crippen LogP contribution is 2.53. The zero-order valence-corrected chi connectivity index (χ0v) is 29.8. The Balaban J connectivity index is 1.05. The van der Waals surface area contributed by atoms with Crippen molar-refractivity contribution in [2.24, 2.45) is 0 Å². The van der Waals surface area contributed by atoms with Crippen molar-refractivity contribution in [2.45, 2.75) is 9.79 Å². The first-order valence-corrected chi connectivity index (χ1v) is 20.1. The predicted octanol–water partition coefficient (Wildman–Crippen LogP) is 15.4. The van der Waals surface area contributed by atoms with Gasteiger partial charge in [0.05, 0.1) is 0 Å². The fourth-order valence-corrected chi connectivity index (χ4v) is 13.0. The van der Waals surface area contributed by atoms with Crippen LogP contribution in [0.1, 0.15) is 0 Å². The molecule has 8 aromatic carbocycles. The molecule has 0 radical (unpaired) electrons. The highest BCUT2D eigenvalue weighted by Gasteiger charge is 2.24. The predicted molar refractivity (Wildman–Crippen MR) is 223 cm³/mol. The average Bonchev–Trinajstić information content (AvgIpc) is 3.85. The van der Waals surface area contributed by atoms with Crippen molar-refractivity contribution < 1.29 is 0 Å². The van der Waals surface area contributed by atoms with Crippen molar-refractivity contribution >= 4 is 117 Å². The summed E-state index contributed by atoms with van der Waals surface area (Å²) in [5, 5.41) is 10.9. The molecule has 0 N–H and O–H groups in total. The molecule has 12 rings (SSSR count). The van der Waals surface area contributed by atoms with Crippen molar-refractivity contribution in [1.82, 2.24) is 0 Å². The number of hydrogen-bond donors (Lipinski definition) is 0. The summed E-state index contributed by atoms with van der Waals surface area (Å²) in [6.45, 7) is 0. The molecule has 0 spiro atoms. The van der Waals surface area contributed by atoms with Crippen molar-refractivity contribution in [3.63, 3.8) is 0 Å². The highest BCUT2D eigenvalue weighted by molar-refractivity contribution is 7.99. The summed E-state index contributed by atoms with van der Waals surface area (Å²) in [4.78, 5) is 2.67. The summed E-state index contributed by atoms with van der Waals surface area (Å²) >= 11 is 7.62. The van der Waals surface area contributed by atoms with E-state index >= 15 is 0 Å². The average molecular weight is 705 g/mol. The Hall–Kier alpha value is -4.97. The molecule has 0 atom stereocenters. The summed E-state index contributed by atoms with van der Waals surface area (Å²) in [5.74, 6) is 0. The van der Waals surface area contributed by atoms with E-state index < -0.39 is 0 Å². The van der Waals surface area contributed by atoms with Gasteiger partial charge in [-0.25, -0.2) is 0 Å². The minimum atomic E-state index is 1.28. The summed E-state index contributed by atoms with van der Waals surface area (Å²) in [5.41, 5.74) is 7.89. The molecule has 3 aromatic heterocycles. The maximum Gasteiger partial charge on any atom is 0.0368 e. The van der Waals surface area contributed by atoms with Crippen LogP contribution < -0.4 is 0 Å². The third-order valence-corrected chi connectivity index (χ3v) is 15.0. The lowest BCUT2D eigenvalue weighted by molar-refractivity contribution is 1.40. The SMILES string of the molecule is c1ccc2c(c1)sc1cccc(-c3ccc4c(c3)Sc3cccc5c3c-4cc3sc4cc(-c6cccc7sc8ccccc8c67)ccc4c35)c12. The number of benzene rings is 8. The highest BCUT2D eigenvalue weighted by atomic mass is 32.2. The third-order valence-electron chi connectivity index (χ3n) is 10.5. The van der Waals surface area contributed by atoms with Crippen LogP contribution in [0.25, 0.3) is 105 Å². The number of hydrogen-bond acceptors (Lipinski definition) is 4. The van der Waals surface area contributed by atoms with Gasteiger partial charge in [-0.1, -0.05) is 109 Å². The van der Waals surface area contributed by atoms with E-state index in [1.54, 1.807) is 0 Å². The van der Waals surface area contributed by atoms with Gasteiger partial charge in [0.15, 0.2) is 0 Å². The minimum Gasteiger partial charge on any atom is -0.135 e. The van der Waals surface area contributed by atoms with Gasteiger partial charge < -0.3 is 0 Å². The second-order valence-corrected chi connectivity index (χ2v) is 17.5. The van der Waals surface area contributed by atoms with Crippen LogP contribution in [0.3, 0.4) is 0 Å². The van der Waals surface area contributed by atoms with Gasteiger partial charge in [-0.3, -0.25) is 0 Å². The van der Waals surface area contributed by atoms with E-state index in [1.165, 1.54) is 114 Å². The quantitative estimate of drug-likeness (QED) is 0.173. The van der Waals surface area contributed by atoms with E-state index in [1.807, 2.05) is 45.8 Å². The molecular formula is C46H24S4. The van der Waals surface area contributed by atoms with Crippen LogP contribution in [0.5, 0.6) is 0 Å². The molecule has 0 saturated carbocycles. The van der Waals surface area contributed by atoms with Crippen LogP contribution in [-0.4, -0.2) is 0 Å². The topological polar surface area (TPSA) is 0 Å². The molecule has 0 bridgehead atoms. The van der Waals surface area contributed by atoms with Crippen LogP contribution >= 0.6 is 45.8 Å². The van der Waals surface area contributed by atoms with Gasteiger partial charge in [0, 0.05) is 75.7 Å². The van der Waals surface area contributed by atoms with Crippen molar-refractivity contribution in [3.8, 4) is 33.4 Å². The molecule has 4 heterocycles. The lowest BCUT2D eigenvalue weighted by Gasteiger charge is -2.22. The molecular weight excluding hydrogens is 681 g/mol. The zero-order valence-electron chi connectivity index (χ0n) is 26.5. The van der Waals surface area contributed by atoms with Crippen molar-refractivity contribution in [1.29, 1.82) is 0 Å². The molecule has 1 aliphatic rings. The first-order chi connectivity index (χ1) is 24.8. The third kappa shape index (κ3) is 3.82. The summed E-state index contributed by atoms with van der Waals surface area (Å²) in [6, 6.07) is 54.8. The fraction of sp³-hybridized carbons (Fsp3) is 0. The molecule has 4 heteroatoms. The van der Waals surface area contributed by atoms with Crippen LogP contribution in [0.15, 0.2) is 155 Å². The smallest absolute Gasteiger partial charge is 0.0368 e. The molecule has 11 aromatic rings. The number of thiophene rings is 3. The lowest BCUT2D eigenvalue weighted by Crippen LogP contribution is -1.94. The summed E-state index contributed by atoms with van der Waals surface area (Å²) in [6.07, 6.45) is 0. The Morgan fingerprint density at radius 1 is 0.280 bits per heavy atom. The summed E-state index contributed by atoms with van der Waals surface area (Å²) < 4.78 is 8.09. The number of rotatable bonds is 2. The molecule has 50 heavy (non-hydrogen) atoms. The molecule has 232 valence electrons. The normalized spacial score (nSPS) is 12.7. The van der Waals surface area contributed by atoms with E-state index in [2.05, 4.69) is 146 Å². The lowest BCUT2D eigenvalue weighted by atomic mass is 9.92. The summed E-state index contributed by atoms with van der Waals surface area (Å²) in [7, 11) is 0. The van der Waals surface area contributed by atoms with Crippen LogP contribution in [0.4, 0.5) is 0 Å². The van der Waals surface area contributed by atoms with Gasteiger partial charge in [0.2, 0.25) is 0 Å². The molecule has 0 saturated heterocycles. The van der Waals surface area contributed by atoms with E-state index in [9.17, 15) is 0 Å². The van der Waals surface area contributed by atoms with Gasteiger partial charge in [-0.2, -0.15) is 0 Å². The largest absolute Gasteiger partial charge is 0.135 e. The molecule has 0 nitrogen and oxygen atoms in total. The Labute approximate surface area is 303 Å².